The summed E-state index contributed by atoms with van der Waals surface area (Å²) in [5.41, 5.74) is 3.63. The summed E-state index contributed by atoms with van der Waals surface area (Å²) < 4.78 is 43.4. The monoisotopic (exact) mass is 534 g/mol. The zero-order valence-corrected chi connectivity index (χ0v) is 21.5. The highest BCUT2D eigenvalue weighted by Crippen LogP contribution is 2.32. The molecule has 0 amide bonds. The van der Waals surface area contributed by atoms with E-state index in [1.54, 1.807) is 24.3 Å². The van der Waals surface area contributed by atoms with Gasteiger partial charge in [0.05, 0.1) is 22.7 Å². The Morgan fingerprint density at radius 1 is 0.947 bits per heavy atom. The molecule has 0 aliphatic carbocycles. The van der Waals surface area contributed by atoms with Crippen molar-refractivity contribution in [1.29, 1.82) is 0 Å². The van der Waals surface area contributed by atoms with Crippen molar-refractivity contribution < 1.29 is 13.2 Å². The molecule has 0 unspecified atom stereocenters. The Labute approximate surface area is 221 Å². The van der Waals surface area contributed by atoms with E-state index in [2.05, 4.69) is 10.1 Å². The first-order valence-electron chi connectivity index (χ1n) is 11.7. The number of fused-ring (bicyclic) bond motifs is 1. The van der Waals surface area contributed by atoms with E-state index in [-0.39, 0.29) is 11.4 Å². The van der Waals surface area contributed by atoms with E-state index in [1.165, 1.54) is 18.3 Å². The highest BCUT2D eigenvalue weighted by Gasteiger charge is 2.31. The number of alkyl halides is 3. The number of aryl methyl sites for hydroxylation is 2. The number of hydrogen-bond donors (Lipinski definition) is 0. The molecule has 3 aromatic carbocycles. The minimum absolute atomic E-state index is 0.00976. The first-order chi connectivity index (χ1) is 18.0. The molecular formula is C29H22ClF3N4O. The zero-order chi connectivity index (χ0) is 27.2. The molecule has 0 N–H and O–H groups in total. The van der Waals surface area contributed by atoms with E-state index >= 15 is 0 Å². The van der Waals surface area contributed by atoms with Crippen LogP contribution in [0.1, 0.15) is 28.1 Å². The second-order valence-corrected chi connectivity index (χ2v) is 9.42. The molecule has 0 spiro atoms. The second kappa shape index (κ2) is 9.61. The number of benzene rings is 3. The largest absolute Gasteiger partial charge is 0.416 e. The Bertz CT molecular complexity index is 1780. The van der Waals surface area contributed by atoms with Crippen LogP contribution < -0.4 is 5.56 Å². The van der Waals surface area contributed by atoms with Crippen molar-refractivity contribution in [2.24, 2.45) is 5.10 Å². The highest BCUT2D eigenvalue weighted by molar-refractivity contribution is 6.30. The van der Waals surface area contributed by atoms with Gasteiger partial charge in [-0.05, 0) is 68.8 Å². The Kier molecular flexibility index (Phi) is 6.44. The van der Waals surface area contributed by atoms with Crippen molar-refractivity contribution >= 4 is 28.7 Å². The Hall–Kier alpha value is -4.17. The van der Waals surface area contributed by atoms with E-state index in [0.717, 1.165) is 45.0 Å². The predicted molar refractivity (Wildman–Crippen MR) is 144 cm³/mol. The summed E-state index contributed by atoms with van der Waals surface area (Å²) in [5.74, 6) is 0.00976. The Balaban J connectivity index is 1.68. The molecule has 2 aromatic heterocycles. The fraction of sp³-hybridized carbons (Fsp3) is 0.138. The third-order valence-electron chi connectivity index (χ3n) is 6.40. The van der Waals surface area contributed by atoms with Gasteiger partial charge in [-0.15, -0.1) is 0 Å². The molecule has 0 radical (unpaired) electrons. The molecule has 0 aliphatic heterocycles. The van der Waals surface area contributed by atoms with Crippen LogP contribution in [0.5, 0.6) is 0 Å². The molecule has 0 fully saturated rings. The van der Waals surface area contributed by atoms with E-state index in [0.29, 0.717) is 15.9 Å². The SMILES string of the molecule is Cc1ccc(Cl)cc1-n1c(C)cc(C=Nn2c(-c3cccc(C(F)(F)F)c3)nc3ccccc3c2=O)c1C. The highest BCUT2D eigenvalue weighted by atomic mass is 35.5. The van der Waals surface area contributed by atoms with Crippen LogP contribution in [-0.2, 0) is 6.18 Å². The van der Waals surface area contributed by atoms with Gasteiger partial charge in [0, 0.05) is 33.2 Å². The van der Waals surface area contributed by atoms with Crippen LogP contribution in [0.3, 0.4) is 0 Å². The van der Waals surface area contributed by atoms with Crippen molar-refractivity contribution in [2.75, 3.05) is 0 Å². The van der Waals surface area contributed by atoms with Crippen LogP contribution in [0, 0.1) is 20.8 Å². The lowest BCUT2D eigenvalue weighted by Crippen LogP contribution is -2.20. The molecule has 0 atom stereocenters. The van der Waals surface area contributed by atoms with Gasteiger partial charge >= 0.3 is 6.18 Å². The summed E-state index contributed by atoms with van der Waals surface area (Å²) >= 11 is 6.24. The van der Waals surface area contributed by atoms with E-state index < -0.39 is 17.3 Å². The normalized spacial score (nSPS) is 12.1. The average molecular weight is 535 g/mol. The number of para-hydroxylation sites is 1. The molecule has 0 saturated heterocycles. The molecule has 5 rings (SSSR count). The molecule has 5 aromatic rings. The van der Waals surface area contributed by atoms with Crippen molar-refractivity contribution in [1.82, 2.24) is 14.2 Å². The fourth-order valence-electron chi connectivity index (χ4n) is 4.48. The molecule has 0 bridgehead atoms. The van der Waals surface area contributed by atoms with Gasteiger partial charge in [-0.1, -0.05) is 41.9 Å². The number of aromatic nitrogens is 3. The van der Waals surface area contributed by atoms with Gasteiger partial charge in [-0.25, -0.2) is 4.98 Å². The minimum atomic E-state index is -4.54. The predicted octanol–water partition coefficient (Wildman–Crippen LogP) is 7.33. The van der Waals surface area contributed by atoms with Crippen LogP contribution in [0.2, 0.25) is 5.02 Å². The quantitative estimate of drug-likeness (QED) is 0.227. The van der Waals surface area contributed by atoms with Crippen LogP contribution in [0.25, 0.3) is 28.0 Å². The summed E-state index contributed by atoms with van der Waals surface area (Å²) in [4.78, 5) is 18.0. The van der Waals surface area contributed by atoms with Crippen molar-refractivity contribution in [3.63, 3.8) is 0 Å². The zero-order valence-electron chi connectivity index (χ0n) is 20.7. The number of hydrogen-bond acceptors (Lipinski definition) is 3. The topological polar surface area (TPSA) is 52.2 Å². The van der Waals surface area contributed by atoms with Crippen LogP contribution >= 0.6 is 11.6 Å². The molecule has 0 saturated carbocycles. The first-order valence-corrected chi connectivity index (χ1v) is 12.1. The lowest BCUT2D eigenvalue weighted by molar-refractivity contribution is -0.137. The minimum Gasteiger partial charge on any atom is -0.318 e. The van der Waals surface area contributed by atoms with E-state index in [4.69, 9.17) is 11.6 Å². The number of nitrogens with zero attached hydrogens (tertiary/aromatic N) is 4. The molecule has 2 heterocycles. The lowest BCUT2D eigenvalue weighted by Gasteiger charge is -2.13. The van der Waals surface area contributed by atoms with Gasteiger partial charge in [0.15, 0.2) is 5.82 Å². The molecular weight excluding hydrogens is 513 g/mol. The summed E-state index contributed by atoms with van der Waals surface area (Å²) in [5, 5.41) is 5.35. The maximum absolute atomic E-state index is 13.5. The third-order valence-corrected chi connectivity index (χ3v) is 6.63. The summed E-state index contributed by atoms with van der Waals surface area (Å²) in [6, 6.07) is 18.9. The van der Waals surface area contributed by atoms with Gasteiger partial charge < -0.3 is 4.57 Å². The Morgan fingerprint density at radius 3 is 2.47 bits per heavy atom. The van der Waals surface area contributed by atoms with Crippen molar-refractivity contribution in [2.45, 2.75) is 26.9 Å². The number of rotatable bonds is 4. The summed E-state index contributed by atoms with van der Waals surface area (Å²) in [6.07, 6.45) is -3.02. The molecule has 9 heteroatoms. The molecule has 5 nitrogen and oxygen atoms in total. The van der Waals surface area contributed by atoms with Crippen molar-refractivity contribution in [3.05, 3.63) is 116 Å². The maximum Gasteiger partial charge on any atom is 0.416 e. The Morgan fingerprint density at radius 2 is 1.71 bits per heavy atom. The van der Waals surface area contributed by atoms with E-state index in [1.807, 2.05) is 49.6 Å². The van der Waals surface area contributed by atoms with Gasteiger partial charge in [0.1, 0.15) is 0 Å². The molecule has 192 valence electrons. The molecule has 38 heavy (non-hydrogen) atoms. The second-order valence-electron chi connectivity index (χ2n) is 8.99. The van der Waals surface area contributed by atoms with Gasteiger partial charge in [-0.3, -0.25) is 4.79 Å². The van der Waals surface area contributed by atoms with Crippen LogP contribution in [0.4, 0.5) is 13.2 Å². The van der Waals surface area contributed by atoms with Crippen molar-refractivity contribution in [3.8, 4) is 17.1 Å². The first kappa shape index (κ1) is 25.5. The summed E-state index contributed by atoms with van der Waals surface area (Å²) in [7, 11) is 0. The molecule has 0 aliphatic rings. The number of halogens is 4. The lowest BCUT2D eigenvalue weighted by atomic mass is 10.1. The van der Waals surface area contributed by atoms with Gasteiger partial charge in [0.25, 0.3) is 5.56 Å². The fourth-order valence-corrected chi connectivity index (χ4v) is 4.65. The van der Waals surface area contributed by atoms with Crippen LogP contribution in [0.15, 0.2) is 82.7 Å². The van der Waals surface area contributed by atoms with Crippen LogP contribution in [-0.4, -0.2) is 20.4 Å². The van der Waals surface area contributed by atoms with Gasteiger partial charge in [0.2, 0.25) is 0 Å². The third kappa shape index (κ3) is 4.63. The standard InChI is InChI=1S/C29H22ClF3N4O/c1-17-11-12-23(30)15-26(17)36-18(2)13-21(19(36)3)16-34-37-27(20-7-6-8-22(14-20)29(31,32)33)35-25-10-5-4-9-24(25)28(37)38/h4-16H,1-3H3. The summed E-state index contributed by atoms with van der Waals surface area (Å²) in [6.45, 7) is 5.85. The van der Waals surface area contributed by atoms with Gasteiger partial charge in [-0.2, -0.15) is 22.9 Å². The smallest absolute Gasteiger partial charge is 0.318 e. The maximum atomic E-state index is 13.5. The van der Waals surface area contributed by atoms with E-state index in [9.17, 15) is 18.0 Å². The average Bonchev–Trinajstić information content (AvgIpc) is 3.17.